The number of nitrogens with one attached hydrogen (secondary N) is 1. The van der Waals surface area contributed by atoms with Gasteiger partial charge < -0.3 is 10.2 Å². The number of anilines is 1. The van der Waals surface area contributed by atoms with Crippen LogP contribution in [0.4, 0.5) is 5.13 Å². The van der Waals surface area contributed by atoms with Crippen LogP contribution in [0.3, 0.4) is 0 Å². The first kappa shape index (κ1) is 9.93. The largest absolute Gasteiger partial charge is 0.354 e. The highest BCUT2D eigenvalue weighted by molar-refractivity contribution is 7.15. The van der Waals surface area contributed by atoms with Crippen LogP contribution in [0.25, 0.3) is 0 Å². The topological polar surface area (TPSA) is 28.2 Å². The number of likely N-dealkylation sites (N-methyl/N-ethyl adjacent to an activating group) is 1. The minimum absolute atomic E-state index is 0.639. The molecule has 3 nitrogen and oxygen atoms in total. The highest BCUT2D eigenvalue weighted by atomic mass is 32.1. The van der Waals surface area contributed by atoms with Crippen molar-refractivity contribution in [2.24, 2.45) is 0 Å². The summed E-state index contributed by atoms with van der Waals surface area (Å²) in [7, 11) is 6.12. The average Bonchev–Trinajstić information content (AvgIpc) is 2.67. The zero-order chi connectivity index (χ0) is 10.1. The molecule has 0 aliphatic heterocycles. The van der Waals surface area contributed by atoms with Crippen LogP contribution in [0.15, 0.2) is 0 Å². The summed E-state index contributed by atoms with van der Waals surface area (Å²) < 4.78 is 0. The summed E-state index contributed by atoms with van der Waals surface area (Å²) in [6.45, 7) is 1.06. The van der Waals surface area contributed by atoms with Gasteiger partial charge in [0.1, 0.15) is 0 Å². The van der Waals surface area contributed by atoms with Gasteiger partial charge in [-0.15, -0.1) is 11.3 Å². The van der Waals surface area contributed by atoms with Crippen LogP contribution < -0.4 is 10.2 Å². The van der Waals surface area contributed by atoms with Gasteiger partial charge in [0.15, 0.2) is 5.13 Å². The first-order chi connectivity index (χ1) is 6.72. The van der Waals surface area contributed by atoms with E-state index in [2.05, 4.69) is 24.3 Å². The van der Waals surface area contributed by atoms with Gasteiger partial charge in [-0.25, -0.2) is 4.98 Å². The molecule has 0 bridgehead atoms. The van der Waals surface area contributed by atoms with Crippen molar-refractivity contribution in [3.8, 4) is 0 Å². The third kappa shape index (κ3) is 1.64. The predicted octanol–water partition coefficient (Wildman–Crippen LogP) is 1.46. The first-order valence-electron chi connectivity index (χ1n) is 5.04. The number of aryl methyl sites for hydroxylation is 1. The summed E-state index contributed by atoms with van der Waals surface area (Å²) in [6.07, 6.45) is 2.48. The zero-order valence-electron chi connectivity index (χ0n) is 9.00. The molecular formula is C10H17N3S. The van der Waals surface area contributed by atoms with E-state index in [1.54, 1.807) is 0 Å². The summed E-state index contributed by atoms with van der Waals surface area (Å²) >= 11 is 1.85. The molecule has 14 heavy (non-hydrogen) atoms. The third-order valence-electron chi connectivity index (χ3n) is 2.66. The number of aromatic nitrogens is 1. The van der Waals surface area contributed by atoms with Crippen LogP contribution in [0.2, 0.25) is 0 Å². The Hall–Kier alpha value is -0.610. The third-order valence-corrected chi connectivity index (χ3v) is 3.95. The number of fused-ring (bicyclic) bond motifs is 1. The number of hydrogen-bond acceptors (Lipinski definition) is 4. The Kier molecular flexibility index (Phi) is 2.74. The second kappa shape index (κ2) is 3.87. The van der Waals surface area contributed by atoms with Gasteiger partial charge in [0.05, 0.1) is 5.69 Å². The monoisotopic (exact) mass is 211 g/mol. The molecule has 1 N–H and O–H groups in total. The number of thiazole rings is 1. The smallest absolute Gasteiger partial charge is 0.185 e. The fraction of sp³-hybridized carbons (Fsp3) is 0.700. The molecule has 0 saturated heterocycles. The fourth-order valence-electron chi connectivity index (χ4n) is 1.93. The van der Waals surface area contributed by atoms with E-state index in [9.17, 15) is 0 Å². The molecule has 1 aromatic rings. The van der Waals surface area contributed by atoms with Crippen LogP contribution in [0.1, 0.15) is 22.9 Å². The fourth-order valence-corrected chi connectivity index (χ4v) is 3.01. The maximum Gasteiger partial charge on any atom is 0.185 e. The lowest BCUT2D eigenvalue weighted by molar-refractivity contribution is 0.613. The van der Waals surface area contributed by atoms with Crippen LogP contribution >= 0.6 is 11.3 Å². The summed E-state index contributed by atoms with van der Waals surface area (Å²) in [5.74, 6) is 0.639. The molecule has 2 rings (SSSR count). The molecule has 0 fully saturated rings. The lowest BCUT2D eigenvalue weighted by Gasteiger charge is -2.09. The Labute approximate surface area is 89.1 Å². The summed E-state index contributed by atoms with van der Waals surface area (Å²) in [5.41, 5.74) is 1.34. The van der Waals surface area contributed by atoms with E-state index in [0.717, 1.165) is 11.7 Å². The van der Waals surface area contributed by atoms with Crippen molar-refractivity contribution in [2.45, 2.75) is 18.8 Å². The Bertz CT molecular complexity index is 319. The lowest BCUT2D eigenvalue weighted by atomic mass is 10.1. The Balaban J connectivity index is 2.21. The van der Waals surface area contributed by atoms with E-state index in [-0.39, 0.29) is 0 Å². The summed E-state index contributed by atoms with van der Waals surface area (Å²) in [4.78, 5) is 8.29. The van der Waals surface area contributed by atoms with Crippen molar-refractivity contribution in [2.75, 3.05) is 32.6 Å². The Morgan fingerprint density at radius 2 is 2.36 bits per heavy atom. The minimum Gasteiger partial charge on any atom is -0.354 e. The van der Waals surface area contributed by atoms with Gasteiger partial charge in [0.2, 0.25) is 0 Å². The van der Waals surface area contributed by atoms with Gasteiger partial charge in [-0.05, 0) is 19.9 Å². The van der Waals surface area contributed by atoms with Crippen molar-refractivity contribution in [3.05, 3.63) is 10.6 Å². The van der Waals surface area contributed by atoms with E-state index in [0.29, 0.717) is 5.92 Å². The van der Waals surface area contributed by atoms with E-state index in [4.69, 9.17) is 4.98 Å². The first-order valence-corrected chi connectivity index (χ1v) is 5.85. The molecule has 0 spiro atoms. The lowest BCUT2D eigenvalue weighted by Crippen LogP contribution is -2.16. The van der Waals surface area contributed by atoms with Gasteiger partial charge >= 0.3 is 0 Å². The summed E-state index contributed by atoms with van der Waals surface area (Å²) in [5, 5.41) is 4.39. The Morgan fingerprint density at radius 1 is 1.57 bits per heavy atom. The molecule has 1 aliphatic carbocycles. The molecule has 0 saturated carbocycles. The molecule has 0 radical (unpaired) electrons. The molecule has 1 aromatic heterocycles. The molecule has 0 aromatic carbocycles. The van der Waals surface area contributed by atoms with E-state index < -0.39 is 0 Å². The van der Waals surface area contributed by atoms with Crippen LogP contribution in [-0.4, -0.2) is 32.7 Å². The van der Waals surface area contributed by atoms with E-state index in [1.165, 1.54) is 23.4 Å². The van der Waals surface area contributed by atoms with Crippen molar-refractivity contribution in [1.82, 2.24) is 10.3 Å². The molecule has 1 aliphatic rings. The number of rotatable bonds is 3. The molecule has 4 heteroatoms. The second-order valence-corrected chi connectivity index (χ2v) is 5.05. The maximum atomic E-state index is 4.69. The zero-order valence-corrected chi connectivity index (χ0v) is 9.82. The van der Waals surface area contributed by atoms with Crippen LogP contribution in [0, 0.1) is 0 Å². The van der Waals surface area contributed by atoms with Gasteiger partial charge in [-0.1, -0.05) is 0 Å². The van der Waals surface area contributed by atoms with Crippen molar-refractivity contribution in [3.63, 3.8) is 0 Å². The Morgan fingerprint density at radius 3 is 3.00 bits per heavy atom. The van der Waals surface area contributed by atoms with Gasteiger partial charge in [-0.3, -0.25) is 0 Å². The number of hydrogen-bond donors (Lipinski definition) is 1. The highest BCUT2D eigenvalue weighted by Crippen LogP contribution is 2.38. The van der Waals surface area contributed by atoms with Crippen molar-refractivity contribution in [1.29, 1.82) is 0 Å². The standard InChI is InChI=1S/C10H17N3S/c1-11-6-7-4-5-8-9(7)12-10(14-8)13(2)3/h7,11H,4-6H2,1-3H3. The highest BCUT2D eigenvalue weighted by Gasteiger charge is 2.26. The molecule has 0 amide bonds. The summed E-state index contributed by atoms with van der Waals surface area (Å²) in [6, 6.07) is 0. The SMILES string of the molecule is CNCC1CCc2sc(N(C)C)nc21. The van der Waals surface area contributed by atoms with E-state index >= 15 is 0 Å². The minimum atomic E-state index is 0.639. The quantitative estimate of drug-likeness (QED) is 0.820. The molecule has 1 unspecified atom stereocenters. The molecule has 1 heterocycles. The van der Waals surface area contributed by atoms with Crippen LogP contribution in [0.5, 0.6) is 0 Å². The molecule has 1 atom stereocenters. The molecular weight excluding hydrogens is 194 g/mol. The van der Waals surface area contributed by atoms with Crippen molar-refractivity contribution >= 4 is 16.5 Å². The predicted molar refractivity (Wildman–Crippen MR) is 61.4 cm³/mol. The van der Waals surface area contributed by atoms with Gasteiger partial charge in [-0.2, -0.15) is 0 Å². The normalized spacial score (nSPS) is 19.8. The van der Waals surface area contributed by atoms with Gasteiger partial charge in [0, 0.05) is 31.4 Å². The average molecular weight is 211 g/mol. The number of nitrogens with zero attached hydrogens (tertiary/aromatic N) is 2. The van der Waals surface area contributed by atoms with E-state index in [1.807, 2.05) is 18.4 Å². The molecule has 78 valence electrons. The second-order valence-electron chi connectivity index (χ2n) is 3.99. The van der Waals surface area contributed by atoms with Gasteiger partial charge in [0.25, 0.3) is 0 Å². The van der Waals surface area contributed by atoms with Crippen LogP contribution in [-0.2, 0) is 6.42 Å². The maximum absolute atomic E-state index is 4.69. The van der Waals surface area contributed by atoms with Crippen molar-refractivity contribution < 1.29 is 0 Å².